The van der Waals surface area contributed by atoms with Crippen LogP contribution in [0.15, 0.2) is 0 Å². The summed E-state index contributed by atoms with van der Waals surface area (Å²) in [4.78, 5) is 18.0. The molecule has 0 atom stereocenters. The third kappa shape index (κ3) is 7.24. The molecule has 0 aromatic carbocycles. The number of fused-ring (bicyclic) bond motifs is 3. The third-order valence-electron chi connectivity index (χ3n) is 3.17. The van der Waals surface area contributed by atoms with Gasteiger partial charge in [-0.3, -0.25) is 9.59 Å². The Morgan fingerprint density at radius 3 is 0.944 bits per heavy atom. The molecule has 3 aliphatic carbocycles. The van der Waals surface area contributed by atoms with Crippen LogP contribution in [0.25, 0.3) is 0 Å². The number of hydrogen-bond acceptors (Lipinski definition) is 4. The van der Waals surface area contributed by atoms with Crippen molar-refractivity contribution in [2.45, 2.75) is 63.6 Å². The predicted octanol–water partition coefficient (Wildman–Crippen LogP) is 0.998. The van der Waals surface area contributed by atoms with Gasteiger partial charge in [0.15, 0.2) is 0 Å². The molecule has 2 bridgehead atoms. The van der Waals surface area contributed by atoms with Crippen molar-refractivity contribution in [3.8, 4) is 0 Å². The van der Waals surface area contributed by atoms with E-state index in [1.165, 1.54) is 0 Å². The second-order valence-electron chi connectivity index (χ2n) is 4.99. The number of hydrogen-bond donors (Lipinski definition) is 4. The molecule has 0 unspecified atom stereocenters. The Hall–Kier alpha value is -1.14. The van der Waals surface area contributed by atoms with Crippen molar-refractivity contribution in [3.63, 3.8) is 0 Å². The molecule has 4 N–H and O–H groups in total. The summed E-state index contributed by atoms with van der Waals surface area (Å²) in [7, 11) is 0. The summed E-state index contributed by atoms with van der Waals surface area (Å²) in [5, 5.41) is 34.3. The zero-order valence-corrected chi connectivity index (χ0v) is 10.8. The molecule has 3 fully saturated rings. The highest BCUT2D eigenvalue weighted by Crippen LogP contribution is 2.46. The Labute approximate surface area is 106 Å². The van der Waals surface area contributed by atoms with Gasteiger partial charge in [0, 0.05) is 13.8 Å². The highest BCUT2D eigenvalue weighted by atomic mass is 16.4. The molecule has 106 valence electrons. The highest BCUT2D eigenvalue weighted by molar-refractivity contribution is 5.63. The van der Waals surface area contributed by atoms with E-state index in [0.717, 1.165) is 52.4 Å². The van der Waals surface area contributed by atoms with Crippen molar-refractivity contribution in [2.75, 3.05) is 0 Å². The molecule has 18 heavy (non-hydrogen) atoms. The molecule has 3 rings (SSSR count). The standard InChI is InChI=1S/C8H14O2.2C2H4O2/c9-7-1-2-8(10,5-3-7)6-4-7;2*1-2(3)4/h9-10H,1-6H2;2*1H3,(H,3,4). The lowest BCUT2D eigenvalue weighted by atomic mass is 9.65. The number of aliphatic carboxylic acids is 2. The van der Waals surface area contributed by atoms with E-state index in [-0.39, 0.29) is 0 Å². The lowest BCUT2D eigenvalue weighted by molar-refractivity contribution is -0.137. The minimum absolute atomic E-state index is 0.398. The van der Waals surface area contributed by atoms with E-state index in [9.17, 15) is 10.2 Å². The Balaban J connectivity index is 0.000000307. The van der Waals surface area contributed by atoms with Crippen molar-refractivity contribution in [3.05, 3.63) is 0 Å². The lowest BCUT2D eigenvalue weighted by Crippen LogP contribution is -2.49. The molecule has 6 nitrogen and oxygen atoms in total. The first-order valence-corrected chi connectivity index (χ1v) is 5.92. The molecule has 3 aliphatic rings. The maximum Gasteiger partial charge on any atom is 0.300 e. The molecule has 3 saturated carbocycles. The van der Waals surface area contributed by atoms with Crippen molar-refractivity contribution in [1.82, 2.24) is 0 Å². The van der Waals surface area contributed by atoms with Gasteiger partial charge in [0.2, 0.25) is 0 Å². The molecule has 0 heterocycles. The van der Waals surface area contributed by atoms with Gasteiger partial charge < -0.3 is 20.4 Å². The molecular formula is C12H22O6. The fraction of sp³-hybridized carbons (Fsp3) is 0.833. The molecule has 6 heteroatoms. The molecule has 0 saturated heterocycles. The quantitative estimate of drug-likeness (QED) is 0.517. The molecule has 0 aromatic rings. The monoisotopic (exact) mass is 262 g/mol. The topological polar surface area (TPSA) is 115 Å². The number of carboxylic acids is 2. The Bertz CT molecular complexity index is 236. The van der Waals surface area contributed by atoms with E-state index in [0.29, 0.717) is 0 Å². The summed E-state index contributed by atoms with van der Waals surface area (Å²) in [6.07, 6.45) is 4.85. The largest absolute Gasteiger partial charge is 0.481 e. The highest BCUT2D eigenvalue weighted by Gasteiger charge is 2.46. The second kappa shape index (κ2) is 6.70. The fourth-order valence-electron chi connectivity index (χ4n) is 2.15. The van der Waals surface area contributed by atoms with Gasteiger partial charge in [-0.05, 0) is 38.5 Å². The minimum atomic E-state index is -0.833. The number of carbonyl (C=O) groups is 2. The Kier molecular flexibility index (Phi) is 6.28. The van der Waals surface area contributed by atoms with Gasteiger partial charge in [0.25, 0.3) is 11.9 Å². The minimum Gasteiger partial charge on any atom is -0.481 e. The van der Waals surface area contributed by atoms with Crippen LogP contribution in [0.1, 0.15) is 52.4 Å². The number of carboxylic acid groups (broad SMARTS) is 2. The maximum atomic E-state index is 9.72. The van der Waals surface area contributed by atoms with Crippen LogP contribution < -0.4 is 0 Å². The SMILES string of the molecule is CC(=O)O.CC(=O)O.OC12CCC(O)(CC1)CC2. The molecule has 0 radical (unpaired) electrons. The van der Waals surface area contributed by atoms with E-state index in [4.69, 9.17) is 19.8 Å². The van der Waals surface area contributed by atoms with Gasteiger partial charge in [-0.2, -0.15) is 0 Å². The summed E-state index contributed by atoms with van der Waals surface area (Å²) in [5.74, 6) is -1.67. The van der Waals surface area contributed by atoms with Crippen LogP contribution in [0.4, 0.5) is 0 Å². The fourth-order valence-corrected chi connectivity index (χ4v) is 2.15. The normalized spacial score (nSPS) is 32.4. The van der Waals surface area contributed by atoms with Crippen LogP contribution in [0.2, 0.25) is 0 Å². The Morgan fingerprint density at radius 2 is 0.833 bits per heavy atom. The number of aliphatic hydroxyl groups is 2. The zero-order valence-electron chi connectivity index (χ0n) is 10.8. The van der Waals surface area contributed by atoms with E-state index in [1.54, 1.807) is 0 Å². The van der Waals surface area contributed by atoms with Gasteiger partial charge in [-0.15, -0.1) is 0 Å². The molecular weight excluding hydrogens is 240 g/mol. The van der Waals surface area contributed by atoms with Crippen molar-refractivity contribution >= 4 is 11.9 Å². The van der Waals surface area contributed by atoms with Crippen LogP contribution in [0.5, 0.6) is 0 Å². The molecule has 0 aromatic heterocycles. The van der Waals surface area contributed by atoms with Crippen LogP contribution in [0.3, 0.4) is 0 Å². The van der Waals surface area contributed by atoms with Gasteiger partial charge in [-0.25, -0.2) is 0 Å². The number of rotatable bonds is 0. The van der Waals surface area contributed by atoms with Crippen LogP contribution in [-0.4, -0.2) is 43.6 Å². The van der Waals surface area contributed by atoms with E-state index in [1.807, 2.05) is 0 Å². The van der Waals surface area contributed by atoms with Gasteiger partial charge in [0.1, 0.15) is 0 Å². The summed E-state index contributed by atoms with van der Waals surface area (Å²) in [6, 6.07) is 0. The lowest BCUT2D eigenvalue weighted by Gasteiger charge is -2.47. The zero-order chi connectivity index (χ0) is 14.4. The summed E-state index contributed by atoms with van der Waals surface area (Å²) >= 11 is 0. The van der Waals surface area contributed by atoms with Crippen molar-refractivity contribution in [2.24, 2.45) is 0 Å². The van der Waals surface area contributed by atoms with E-state index in [2.05, 4.69) is 0 Å². The summed E-state index contributed by atoms with van der Waals surface area (Å²) in [5.41, 5.74) is -0.797. The van der Waals surface area contributed by atoms with Gasteiger partial charge in [-0.1, -0.05) is 0 Å². The van der Waals surface area contributed by atoms with Gasteiger partial charge >= 0.3 is 0 Å². The predicted molar refractivity (Wildman–Crippen MR) is 64.2 cm³/mol. The second-order valence-corrected chi connectivity index (χ2v) is 4.99. The summed E-state index contributed by atoms with van der Waals surface area (Å²) < 4.78 is 0. The molecule has 0 amide bonds. The first kappa shape index (κ1) is 16.9. The Morgan fingerprint density at radius 1 is 0.722 bits per heavy atom. The van der Waals surface area contributed by atoms with E-state index < -0.39 is 23.1 Å². The van der Waals surface area contributed by atoms with Gasteiger partial charge in [0.05, 0.1) is 11.2 Å². The van der Waals surface area contributed by atoms with Crippen LogP contribution in [-0.2, 0) is 9.59 Å². The summed E-state index contributed by atoms with van der Waals surface area (Å²) in [6.45, 7) is 2.17. The van der Waals surface area contributed by atoms with Crippen LogP contribution >= 0.6 is 0 Å². The van der Waals surface area contributed by atoms with E-state index >= 15 is 0 Å². The maximum absolute atomic E-state index is 9.72. The first-order valence-electron chi connectivity index (χ1n) is 5.92. The third-order valence-corrected chi connectivity index (χ3v) is 3.17. The molecule has 0 spiro atoms. The van der Waals surface area contributed by atoms with Crippen LogP contribution in [0, 0.1) is 0 Å². The average Bonchev–Trinajstić information content (AvgIpc) is 2.19. The molecule has 0 aliphatic heterocycles. The smallest absolute Gasteiger partial charge is 0.300 e. The average molecular weight is 262 g/mol. The van der Waals surface area contributed by atoms with Crippen molar-refractivity contribution in [1.29, 1.82) is 0 Å². The first-order chi connectivity index (χ1) is 8.09. The van der Waals surface area contributed by atoms with Crippen molar-refractivity contribution < 1.29 is 30.0 Å².